The van der Waals surface area contributed by atoms with E-state index in [0.717, 1.165) is 12.2 Å². The Bertz CT molecular complexity index is 221. The Kier molecular flexibility index (Phi) is 2.59. The highest BCUT2D eigenvalue weighted by molar-refractivity contribution is 4.92. The first-order chi connectivity index (χ1) is 5.27. The second-order valence-electron chi connectivity index (χ2n) is 2.54. The highest BCUT2D eigenvalue weighted by Crippen LogP contribution is 2.10. The highest BCUT2D eigenvalue weighted by atomic mass is 16.5. The Morgan fingerprint density at radius 3 is 2.82 bits per heavy atom. The Labute approximate surface area is 65.8 Å². The molecule has 62 valence electrons. The van der Waals surface area contributed by atoms with Crippen LogP contribution in [0.3, 0.4) is 0 Å². The van der Waals surface area contributed by atoms with Crippen LogP contribution in [0.15, 0.2) is 4.52 Å². The maximum absolute atomic E-state index is 5.43. The molecule has 2 N–H and O–H groups in total. The topological polar surface area (TPSA) is 64.9 Å². The largest absolute Gasteiger partial charge is 0.339 e. The monoisotopic (exact) mass is 155 g/mol. The molecule has 1 atom stereocenters. The molecule has 1 heterocycles. The lowest BCUT2D eigenvalue weighted by Crippen LogP contribution is -2.09. The van der Waals surface area contributed by atoms with Gasteiger partial charge in [0.25, 0.3) is 0 Å². The van der Waals surface area contributed by atoms with Gasteiger partial charge in [-0.05, 0) is 0 Å². The lowest BCUT2D eigenvalue weighted by molar-refractivity contribution is 0.357. The lowest BCUT2D eigenvalue weighted by Gasteiger charge is -1.98. The van der Waals surface area contributed by atoms with E-state index in [9.17, 15) is 0 Å². The van der Waals surface area contributed by atoms with Crippen LogP contribution in [-0.4, -0.2) is 16.7 Å². The molecular formula is C7H13N3O. The Balaban J connectivity index is 2.71. The summed E-state index contributed by atoms with van der Waals surface area (Å²) in [5.74, 6) is 1.56. The molecule has 11 heavy (non-hydrogen) atoms. The minimum Gasteiger partial charge on any atom is -0.339 e. The van der Waals surface area contributed by atoms with Crippen LogP contribution in [0.1, 0.15) is 31.5 Å². The Hall–Kier alpha value is -0.900. The zero-order valence-corrected chi connectivity index (χ0v) is 6.87. The molecule has 1 rings (SSSR count). The standard InChI is InChI=1S/C7H13N3O/c1-3-6-9-7(11-10-6)5(2)4-8/h5H,3-4,8H2,1-2H3. The number of hydrogen-bond donors (Lipinski definition) is 1. The van der Waals surface area contributed by atoms with Crippen molar-refractivity contribution >= 4 is 0 Å². The van der Waals surface area contributed by atoms with Gasteiger partial charge in [0.15, 0.2) is 5.82 Å². The average Bonchev–Trinajstić information content (AvgIpc) is 2.50. The first-order valence-corrected chi connectivity index (χ1v) is 3.80. The molecular weight excluding hydrogens is 142 g/mol. The maximum atomic E-state index is 5.43. The third-order valence-electron chi connectivity index (χ3n) is 1.58. The summed E-state index contributed by atoms with van der Waals surface area (Å²) in [5, 5.41) is 3.76. The van der Waals surface area contributed by atoms with Crippen molar-refractivity contribution in [3.8, 4) is 0 Å². The molecule has 0 aliphatic carbocycles. The van der Waals surface area contributed by atoms with E-state index in [1.54, 1.807) is 0 Å². The molecule has 1 aromatic rings. The predicted octanol–water partition coefficient (Wildman–Crippen LogP) is 0.694. The second kappa shape index (κ2) is 3.48. The summed E-state index contributed by atoms with van der Waals surface area (Å²) in [6.07, 6.45) is 0.806. The summed E-state index contributed by atoms with van der Waals surface area (Å²) in [7, 11) is 0. The minimum atomic E-state index is 0.169. The van der Waals surface area contributed by atoms with Crippen LogP contribution in [-0.2, 0) is 6.42 Å². The van der Waals surface area contributed by atoms with Crippen molar-refractivity contribution in [2.75, 3.05) is 6.54 Å². The lowest BCUT2D eigenvalue weighted by atomic mass is 10.2. The third-order valence-corrected chi connectivity index (χ3v) is 1.58. The molecule has 0 radical (unpaired) electrons. The number of nitrogens with zero attached hydrogens (tertiary/aromatic N) is 2. The molecule has 0 saturated heterocycles. The van der Waals surface area contributed by atoms with E-state index >= 15 is 0 Å². The van der Waals surface area contributed by atoms with Gasteiger partial charge in [0.05, 0.1) is 0 Å². The van der Waals surface area contributed by atoms with Gasteiger partial charge in [-0.1, -0.05) is 19.0 Å². The molecule has 0 spiro atoms. The molecule has 1 unspecified atom stereocenters. The number of aryl methyl sites for hydroxylation is 1. The van der Waals surface area contributed by atoms with Crippen molar-refractivity contribution in [2.45, 2.75) is 26.2 Å². The van der Waals surface area contributed by atoms with Gasteiger partial charge in [-0.2, -0.15) is 4.98 Å². The Morgan fingerprint density at radius 2 is 2.36 bits per heavy atom. The fourth-order valence-corrected chi connectivity index (χ4v) is 0.712. The summed E-state index contributed by atoms with van der Waals surface area (Å²) in [6, 6.07) is 0. The normalized spacial score (nSPS) is 13.4. The van der Waals surface area contributed by atoms with Gasteiger partial charge >= 0.3 is 0 Å². The van der Waals surface area contributed by atoms with Gasteiger partial charge < -0.3 is 10.3 Å². The van der Waals surface area contributed by atoms with Crippen LogP contribution in [0.4, 0.5) is 0 Å². The van der Waals surface area contributed by atoms with Gasteiger partial charge in [0.2, 0.25) is 5.89 Å². The van der Waals surface area contributed by atoms with Crippen LogP contribution in [0.2, 0.25) is 0 Å². The van der Waals surface area contributed by atoms with Crippen LogP contribution >= 0.6 is 0 Å². The molecule has 4 nitrogen and oxygen atoms in total. The first kappa shape index (κ1) is 8.20. The van der Waals surface area contributed by atoms with Gasteiger partial charge in [-0.3, -0.25) is 0 Å². The summed E-state index contributed by atoms with van der Waals surface area (Å²) >= 11 is 0. The van der Waals surface area contributed by atoms with Crippen molar-refractivity contribution in [1.82, 2.24) is 10.1 Å². The van der Waals surface area contributed by atoms with Crippen LogP contribution < -0.4 is 5.73 Å². The van der Waals surface area contributed by atoms with Crippen LogP contribution in [0.5, 0.6) is 0 Å². The van der Waals surface area contributed by atoms with Gasteiger partial charge in [-0.25, -0.2) is 0 Å². The van der Waals surface area contributed by atoms with Crippen molar-refractivity contribution in [2.24, 2.45) is 5.73 Å². The summed E-state index contributed by atoms with van der Waals surface area (Å²) in [5.41, 5.74) is 5.43. The average molecular weight is 155 g/mol. The van der Waals surface area contributed by atoms with Crippen molar-refractivity contribution < 1.29 is 4.52 Å². The first-order valence-electron chi connectivity index (χ1n) is 3.80. The fourth-order valence-electron chi connectivity index (χ4n) is 0.712. The smallest absolute Gasteiger partial charge is 0.230 e. The SMILES string of the molecule is CCc1noc(C(C)CN)n1. The predicted molar refractivity (Wildman–Crippen MR) is 41.1 cm³/mol. The van der Waals surface area contributed by atoms with Gasteiger partial charge in [0, 0.05) is 18.9 Å². The van der Waals surface area contributed by atoms with Crippen molar-refractivity contribution in [3.63, 3.8) is 0 Å². The van der Waals surface area contributed by atoms with Gasteiger partial charge in [-0.15, -0.1) is 0 Å². The quantitative estimate of drug-likeness (QED) is 0.697. The zero-order chi connectivity index (χ0) is 8.27. The van der Waals surface area contributed by atoms with Crippen LogP contribution in [0, 0.1) is 0 Å². The van der Waals surface area contributed by atoms with E-state index < -0.39 is 0 Å². The molecule has 0 aromatic carbocycles. The van der Waals surface area contributed by atoms with E-state index in [4.69, 9.17) is 10.3 Å². The van der Waals surface area contributed by atoms with E-state index in [1.165, 1.54) is 0 Å². The molecule has 0 bridgehead atoms. The summed E-state index contributed by atoms with van der Waals surface area (Å²) in [6.45, 7) is 4.50. The fraction of sp³-hybridized carbons (Fsp3) is 0.714. The van der Waals surface area contributed by atoms with E-state index in [0.29, 0.717) is 12.4 Å². The zero-order valence-electron chi connectivity index (χ0n) is 6.87. The van der Waals surface area contributed by atoms with Crippen LogP contribution in [0.25, 0.3) is 0 Å². The van der Waals surface area contributed by atoms with Crippen molar-refractivity contribution in [1.29, 1.82) is 0 Å². The number of nitrogens with two attached hydrogens (primary N) is 1. The molecule has 0 amide bonds. The molecule has 4 heteroatoms. The molecule has 0 saturated carbocycles. The number of hydrogen-bond acceptors (Lipinski definition) is 4. The molecule has 1 aromatic heterocycles. The third kappa shape index (κ3) is 1.77. The summed E-state index contributed by atoms with van der Waals surface area (Å²) < 4.78 is 4.97. The second-order valence-corrected chi connectivity index (χ2v) is 2.54. The summed E-state index contributed by atoms with van der Waals surface area (Å²) in [4.78, 5) is 4.14. The van der Waals surface area contributed by atoms with Gasteiger partial charge in [0.1, 0.15) is 0 Å². The number of aromatic nitrogens is 2. The van der Waals surface area contributed by atoms with E-state index in [1.807, 2.05) is 13.8 Å². The van der Waals surface area contributed by atoms with E-state index in [-0.39, 0.29) is 5.92 Å². The highest BCUT2D eigenvalue weighted by Gasteiger charge is 2.10. The molecule has 0 aliphatic heterocycles. The minimum absolute atomic E-state index is 0.169. The van der Waals surface area contributed by atoms with Crippen molar-refractivity contribution in [3.05, 3.63) is 11.7 Å². The van der Waals surface area contributed by atoms with E-state index in [2.05, 4.69) is 10.1 Å². The number of rotatable bonds is 3. The molecule has 0 aliphatic rings. The Morgan fingerprint density at radius 1 is 1.64 bits per heavy atom. The molecule has 0 fully saturated rings. The maximum Gasteiger partial charge on any atom is 0.230 e.